The third-order valence-electron chi connectivity index (χ3n) is 12.0. The topological polar surface area (TPSA) is 283 Å². The van der Waals surface area contributed by atoms with Gasteiger partial charge in [0.05, 0.1) is 23.9 Å². The van der Waals surface area contributed by atoms with Crippen molar-refractivity contribution in [2.45, 2.75) is 125 Å². The number of rotatable bonds is 6. The van der Waals surface area contributed by atoms with Crippen LogP contribution in [0.3, 0.4) is 0 Å². The van der Waals surface area contributed by atoms with Gasteiger partial charge in [-0.25, -0.2) is 4.79 Å². The normalized spacial score (nSPS) is 30.7. The van der Waals surface area contributed by atoms with E-state index in [1.54, 1.807) is 54.6 Å². The summed E-state index contributed by atoms with van der Waals surface area (Å²) in [5, 5.41) is 20.1. The number of aryl methyl sites for hydroxylation is 1. The minimum atomic E-state index is -1.11. The fraction of sp³-hybridized carbons (Fsp3) is 0.650. The molecular formula is C40H59N9O10S. The molecule has 9 atom stereocenters. The van der Waals surface area contributed by atoms with Gasteiger partial charge in [-0.1, -0.05) is 18.2 Å². The second-order valence-electron chi connectivity index (χ2n) is 16.5. The van der Waals surface area contributed by atoms with Gasteiger partial charge in [0.25, 0.3) is 0 Å². The first-order chi connectivity index (χ1) is 28.4. The number of carbonyl (C=O) groups excluding carboxylic acids is 6. The largest absolute Gasteiger partial charge is 0.481 e. The number of amides is 5. The summed E-state index contributed by atoms with van der Waals surface area (Å²) in [6, 6.07) is 5.94. The Morgan fingerprint density at radius 1 is 0.833 bits per heavy atom. The van der Waals surface area contributed by atoms with Gasteiger partial charge in [0.2, 0.25) is 17.7 Å². The van der Waals surface area contributed by atoms with Gasteiger partial charge in [0, 0.05) is 56.2 Å². The van der Waals surface area contributed by atoms with Gasteiger partial charge < -0.3 is 47.4 Å². The van der Waals surface area contributed by atoms with Crippen LogP contribution in [0.2, 0.25) is 0 Å². The van der Waals surface area contributed by atoms with Gasteiger partial charge in [-0.3, -0.25) is 43.4 Å². The molecule has 0 saturated carbocycles. The lowest BCUT2D eigenvalue weighted by molar-refractivity contribution is -0.150. The Labute approximate surface area is 353 Å². The lowest BCUT2D eigenvalue weighted by Gasteiger charge is -2.37. The molecule has 330 valence electrons. The number of fused-ring (bicyclic) bond motifs is 4. The third-order valence-corrected chi connectivity index (χ3v) is 13.4. The molecule has 0 spiro atoms. The monoisotopic (exact) mass is 857 g/mol. The van der Waals surface area contributed by atoms with E-state index < -0.39 is 30.1 Å². The van der Waals surface area contributed by atoms with Crippen molar-refractivity contribution in [1.29, 1.82) is 0 Å². The van der Waals surface area contributed by atoms with Gasteiger partial charge in [0.1, 0.15) is 30.5 Å². The van der Waals surface area contributed by atoms with Crippen LogP contribution in [0.15, 0.2) is 24.3 Å². The van der Waals surface area contributed by atoms with Crippen LogP contribution in [0.4, 0.5) is 10.5 Å². The summed E-state index contributed by atoms with van der Waals surface area (Å²) in [6.45, 7) is 4.98. The summed E-state index contributed by atoms with van der Waals surface area (Å²) in [7, 11) is 1.79. The smallest absolute Gasteiger partial charge is 0.323 e. The van der Waals surface area contributed by atoms with E-state index in [4.69, 9.17) is 27.4 Å². The summed E-state index contributed by atoms with van der Waals surface area (Å²) in [5.74, 6) is -1.95. The van der Waals surface area contributed by atoms with Gasteiger partial charge in [-0.2, -0.15) is 0 Å². The number of urea groups is 1. The van der Waals surface area contributed by atoms with Crippen LogP contribution < -0.4 is 27.4 Å². The Kier molecular flexibility index (Phi) is 15.7. The van der Waals surface area contributed by atoms with E-state index in [2.05, 4.69) is 10.2 Å². The zero-order valence-electron chi connectivity index (χ0n) is 34.4. The molecule has 60 heavy (non-hydrogen) atoms. The van der Waals surface area contributed by atoms with E-state index in [9.17, 15) is 38.4 Å². The number of nitrogens with zero attached hydrogens (tertiary/aromatic N) is 5. The molecule has 0 aliphatic carbocycles. The number of piperidine rings is 1. The van der Waals surface area contributed by atoms with Crippen molar-refractivity contribution < 1.29 is 48.6 Å². The summed E-state index contributed by atoms with van der Waals surface area (Å²) >= 11 is 1.73. The highest BCUT2D eigenvalue weighted by molar-refractivity contribution is 8.00. The third kappa shape index (κ3) is 11.0. The molecule has 7 aliphatic rings. The molecule has 0 radical (unpaired) electrons. The summed E-state index contributed by atoms with van der Waals surface area (Å²) in [4.78, 5) is 99.6. The fourth-order valence-electron chi connectivity index (χ4n) is 8.92. The predicted octanol–water partition coefficient (Wildman–Crippen LogP) is -0.431. The summed E-state index contributed by atoms with van der Waals surface area (Å²) in [5.41, 5.74) is 18.9. The van der Waals surface area contributed by atoms with Gasteiger partial charge >= 0.3 is 18.0 Å². The summed E-state index contributed by atoms with van der Waals surface area (Å²) in [6.07, 6.45) is 6.82. The van der Waals surface area contributed by atoms with Crippen LogP contribution in [-0.4, -0.2) is 170 Å². The van der Waals surface area contributed by atoms with E-state index >= 15 is 0 Å². The zero-order valence-corrected chi connectivity index (χ0v) is 35.3. The number of nitrogens with one attached hydrogen (secondary N) is 1. The summed E-state index contributed by atoms with van der Waals surface area (Å²) < 4.78 is 0. The van der Waals surface area contributed by atoms with Crippen molar-refractivity contribution in [3.63, 3.8) is 0 Å². The minimum absolute atomic E-state index is 0.00597. The number of hydrogen-bond acceptors (Lipinski definition) is 13. The number of aliphatic carboxylic acids is 2. The molecular weight excluding hydrogens is 799 g/mol. The molecule has 9 N–H and O–H groups in total. The molecule has 5 amide bonds. The van der Waals surface area contributed by atoms with E-state index in [0.717, 1.165) is 43.7 Å². The average Bonchev–Trinajstić information content (AvgIpc) is 3.92. The molecule has 1 aromatic rings. The number of thioether (sulfide) groups is 1. The molecule has 7 unspecified atom stereocenters. The van der Waals surface area contributed by atoms with Crippen molar-refractivity contribution in [2.24, 2.45) is 17.2 Å². The van der Waals surface area contributed by atoms with E-state index in [1.807, 2.05) is 12.1 Å². The molecule has 6 saturated heterocycles. The van der Waals surface area contributed by atoms with Crippen molar-refractivity contribution in [2.75, 3.05) is 43.9 Å². The first-order valence-electron chi connectivity index (χ1n) is 20.5. The van der Waals surface area contributed by atoms with Crippen LogP contribution in [0.5, 0.6) is 0 Å². The highest BCUT2D eigenvalue weighted by Gasteiger charge is 2.46. The Bertz CT molecular complexity index is 1820. The molecule has 7 heterocycles. The van der Waals surface area contributed by atoms with Crippen LogP contribution in [0.25, 0.3) is 0 Å². The number of Topliss-reactive ketones (excluding diaryl/α,β-unsaturated/α-hetero) is 2. The number of carbonyl (C=O) groups is 8. The first kappa shape index (κ1) is 46.4. The van der Waals surface area contributed by atoms with E-state index in [0.29, 0.717) is 43.3 Å². The van der Waals surface area contributed by atoms with Crippen molar-refractivity contribution >= 4 is 64.7 Å². The molecule has 20 heteroatoms. The number of piperazine rings is 1. The van der Waals surface area contributed by atoms with Crippen molar-refractivity contribution in [3.8, 4) is 0 Å². The van der Waals surface area contributed by atoms with Crippen LogP contribution in [0.1, 0.15) is 70.8 Å². The second kappa shape index (κ2) is 20.3. The number of ketones is 2. The maximum Gasteiger partial charge on any atom is 0.323 e. The zero-order chi connectivity index (χ0) is 44.0. The Morgan fingerprint density at radius 3 is 2.18 bits per heavy atom. The molecule has 1 aromatic carbocycles. The van der Waals surface area contributed by atoms with Crippen molar-refractivity contribution in [1.82, 2.24) is 24.9 Å². The standard InChI is InChI=1S/C12H14N2O3.C10H18N2O.C9H13N3O4.C9H14N2O2S/c13-9-6-5-8-3-1-2-4-10(8)14(12(9)17)7-11(15)16;1-7(13)10-5-4-9-3-2-8(11)6-12(9)10;10-4-1-6-8(15)11-5(2-7(13)14)9(16)12(6)3-4;1-6(12)7-5-14-8-3-4-10(2)9(13)11(7)8/h1-4,9H,5-7,13H2,(H,15,16);8-10H,2-6,11H2,1H3;4-6H,1-3,10H2,(H,11,15)(H,13,14);7-8H,3-5H2,1-2H3/t;;4-,5-,6?;/m..0./s1. The highest BCUT2D eigenvalue weighted by Crippen LogP contribution is 2.35. The second-order valence-corrected chi connectivity index (χ2v) is 17.7. The van der Waals surface area contributed by atoms with Gasteiger partial charge in [-0.15, -0.1) is 11.8 Å². The Hall–Kier alpha value is -4.63. The van der Waals surface area contributed by atoms with Crippen LogP contribution >= 0.6 is 11.8 Å². The molecule has 0 aromatic heterocycles. The maximum atomic E-state index is 12.0. The number of benzene rings is 1. The number of carboxylic acids is 2. The van der Waals surface area contributed by atoms with Crippen LogP contribution in [0, 0.1) is 0 Å². The quantitative estimate of drug-likeness (QED) is 0.212. The Morgan fingerprint density at radius 2 is 1.52 bits per heavy atom. The SMILES string of the molecule is CC(=O)C1CCC2CCC(N)CN21.CC(=O)C1CSC2CCN(C)C(=O)N21.NC1CCc2ccccc2N(CC(=O)O)C1=O.N[C@H]1CC2C(=O)N[C@@H](CC(=O)O)C(=O)N2C1. The first-order valence-corrected chi connectivity index (χ1v) is 21.5. The predicted molar refractivity (Wildman–Crippen MR) is 222 cm³/mol. The molecule has 6 fully saturated rings. The van der Waals surface area contributed by atoms with Crippen molar-refractivity contribution in [3.05, 3.63) is 29.8 Å². The number of nitrogens with two attached hydrogens (primary N) is 3. The highest BCUT2D eigenvalue weighted by atomic mass is 32.2. The van der Waals surface area contributed by atoms with E-state index in [1.165, 1.54) is 22.6 Å². The molecule has 7 aliphatic heterocycles. The Balaban J connectivity index is 0.000000152. The lowest BCUT2D eigenvalue weighted by Crippen LogP contribution is -2.61. The lowest BCUT2D eigenvalue weighted by atomic mass is 10.00. The minimum Gasteiger partial charge on any atom is -0.481 e. The molecule has 19 nitrogen and oxygen atoms in total. The van der Waals surface area contributed by atoms with Crippen LogP contribution in [-0.2, 0) is 40.0 Å². The molecule has 8 rings (SSSR count). The molecule has 0 bridgehead atoms. The number of hydrogen-bond donors (Lipinski definition) is 6. The fourth-order valence-corrected chi connectivity index (χ4v) is 10.4. The van der Waals surface area contributed by atoms with Gasteiger partial charge in [0.15, 0.2) is 5.78 Å². The van der Waals surface area contributed by atoms with Gasteiger partial charge in [-0.05, 0) is 76.8 Å². The van der Waals surface area contributed by atoms with E-state index in [-0.39, 0.29) is 72.0 Å². The number of carboxylic acid groups (broad SMARTS) is 2. The average molecular weight is 858 g/mol. The maximum absolute atomic E-state index is 12.0. The number of para-hydroxylation sites is 1. The number of anilines is 1.